The summed E-state index contributed by atoms with van der Waals surface area (Å²) in [5.41, 5.74) is 3.12. The molecule has 4 rings (SSSR count). The summed E-state index contributed by atoms with van der Waals surface area (Å²) >= 11 is 11.0. The Balaban J connectivity index is 1.83. The van der Waals surface area contributed by atoms with Crippen molar-refractivity contribution in [2.24, 2.45) is 0 Å². The first-order chi connectivity index (χ1) is 14.6. The highest BCUT2D eigenvalue weighted by atomic mass is 35.5. The maximum absolute atomic E-state index is 9.84. The first-order valence-corrected chi connectivity index (χ1v) is 9.51. The number of nitrogens with two attached hydrogens (primary N) is 1. The van der Waals surface area contributed by atoms with E-state index in [2.05, 4.69) is 26.2 Å². The van der Waals surface area contributed by atoms with Crippen molar-refractivity contribution in [2.45, 2.75) is 6.61 Å². The molecule has 3 heterocycles. The maximum atomic E-state index is 9.84. The van der Waals surface area contributed by atoms with Gasteiger partial charge < -0.3 is 10.6 Å². The van der Waals surface area contributed by atoms with Crippen LogP contribution in [0.3, 0.4) is 0 Å². The minimum atomic E-state index is -0.0259. The third kappa shape index (κ3) is 3.87. The highest BCUT2D eigenvalue weighted by Gasteiger charge is 2.18. The van der Waals surface area contributed by atoms with Crippen LogP contribution in [0.1, 0.15) is 11.4 Å². The quantitative estimate of drug-likeness (QED) is 0.360. The van der Waals surface area contributed by atoms with E-state index in [4.69, 9.17) is 34.4 Å². The molecule has 0 unspecified atom stereocenters. The number of aromatic nitrogens is 5. The van der Waals surface area contributed by atoms with Crippen LogP contribution >= 0.6 is 23.8 Å². The van der Waals surface area contributed by atoms with Crippen LogP contribution in [0.5, 0.6) is 5.88 Å². The van der Waals surface area contributed by atoms with Gasteiger partial charge in [0.2, 0.25) is 10.7 Å². The number of nitrogen functional groups attached to an aromatic ring is 1. The number of rotatable bonds is 5. The molecule has 10 heteroatoms. The lowest BCUT2D eigenvalue weighted by atomic mass is 10.00. The van der Waals surface area contributed by atoms with E-state index in [1.54, 1.807) is 30.6 Å². The molecule has 0 spiro atoms. The van der Waals surface area contributed by atoms with E-state index < -0.39 is 0 Å². The molecule has 0 saturated carbocycles. The SMILES string of the molecule is N#Cc1c(-c2cccnc2)cc(-c2ccc(Cl)cc2)nc1OCc1n[nH]c(=S)n1N. The maximum Gasteiger partial charge on any atom is 0.233 e. The third-order valence-corrected chi connectivity index (χ3v) is 4.87. The monoisotopic (exact) mass is 435 g/mol. The minimum absolute atomic E-state index is 0.0259. The van der Waals surface area contributed by atoms with E-state index in [1.807, 2.05) is 24.3 Å². The number of hydrogen-bond acceptors (Lipinski definition) is 7. The molecule has 0 saturated heterocycles. The Kier molecular flexibility index (Phi) is 5.43. The molecule has 0 aliphatic heterocycles. The summed E-state index contributed by atoms with van der Waals surface area (Å²) in [7, 11) is 0. The average molecular weight is 436 g/mol. The van der Waals surface area contributed by atoms with Gasteiger partial charge >= 0.3 is 0 Å². The highest BCUT2D eigenvalue weighted by molar-refractivity contribution is 7.71. The number of nitriles is 1. The van der Waals surface area contributed by atoms with Gasteiger partial charge in [-0.2, -0.15) is 10.4 Å². The van der Waals surface area contributed by atoms with E-state index in [-0.39, 0.29) is 22.8 Å². The van der Waals surface area contributed by atoms with E-state index >= 15 is 0 Å². The Hall–Kier alpha value is -3.74. The number of nitrogens with zero attached hydrogens (tertiary/aromatic N) is 5. The van der Waals surface area contributed by atoms with Gasteiger partial charge in [-0.05, 0) is 36.5 Å². The van der Waals surface area contributed by atoms with Gasteiger partial charge in [-0.1, -0.05) is 29.8 Å². The van der Waals surface area contributed by atoms with Crippen LogP contribution in [-0.2, 0) is 6.61 Å². The molecule has 1 aromatic carbocycles. The molecule has 0 fully saturated rings. The smallest absolute Gasteiger partial charge is 0.233 e. The fourth-order valence-corrected chi connectivity index (χ4v) is 3.10. The lowest BCUT2D eigenvalue weighted by Crippen LogP contribution is -2.15. The van der Waals surface area contributed by atoms with Crippen LogP contribution in [0.2, 0.25) is 5.02 Å². The first kappa shape index (κ1) is 19.6. The summed E-state index contributed by atoms with van der Waals surface area (Å²) in [4.78, 5) is 8.71. The Morgan fingerprint density at radius 1 is 1.23 bits per heavy atom. The van der Waals surface area contributed by atoms with E-state index in [1.165, 1.54) is 4.68 Å². The van der Waals surface area contributed by atoms with Crippen molar-refractivity contribution >= 4 is 23.8 Å². The molecular weight excluding hydrogens is 422 g/mol. The Morgan fingerprint density at radius 2 is 2.03 bits per heavy atom. The second-order valence-corrected chi connectivity index (χ2v) is 7.02. The summed E-state index contributed by atoms with van der Waals surface area (Å²) < 4.78 is 7.30. The van der Waals surface area contributed by atoms with Gasteiger partial charge in [0.25, 0.3) is 0 Å². The van der Waals surface area contributed by atoms with E-state index in [9.17, 15) is 5.26 Å². The van der Waals surface area contributed by atoms with Crippen LogP contribution in [0, 0.1) is 16.1 Å². The molecule has 3 N–H and O–H groups in total. The van der Waals surface area contributed by atoms with Crippen molar-refractivity contribution in [2.75, 3.05) is 5.84 Å². The summed E-state index contributed by atoms with van der Waals surface area (Å²) in [6.07, 6.45) is 3.34. The average Bonchev–Trinajstić information content (AvgIpc) is 3.10. The Bertz CT molecular complexity index is 1290. The lowest BCUT2D eigenvalue weighted by Gasteiger charge is -2.13. The van der Waals surface area contributed by atoms with Gasteiger partial charge in [0, 0.05) is 34.1 Å². The normalized spacial score (nSPS) is 10.5. The second-order valence-electron chi connectivity index (χ2n) is 6.20. The van der Waals surface area contributed by atoms with E-state index in [0.717, 1.165) is 11.1 Å². The van der Waals surface area contributed by atoms with Gasteiger partial charge in [0.15, 0.2) is 12.4 Å². The van der Waals surface area contributed by atoms with Gasteiger partial charge in [-0.25, -0.2) is 9.66 Å². The van der Waals surface area contributed by atoms with Crippen LogP contribution in [0.4, 0.5) is 0 Å². The molecule has 0 amide bonds. The number of pyridine rings is 2. The van der Waals surface area contributed by atoms with Crippen molar-refractivity contribution in [3.8, 4) is 34.3 Å². The fraction of sp³-hybridized carbons (Fsp3) is 0.0500. The number of ether oxygens (including phenoxy) is 1. The molecule has 0 aliphatic carbocycles. The number of hydrogen-bond donors (Lipinski definition) is 2. The Morgan fingerprint density at radius 3 is 2.67 bits per heavy atom. The minimum Gasteiger partial charge on any atom is -0.468 e. The standard InChI is InChI=1S/C20H14ClN7OS/c21-14-5-3-12(4-6-14)17-8-15(13-2-1-7-24-10-13)16(9-22)19(25-17)29-11-18-26-27-20(30)28(18)23/h1-8,10H,11,23H2,(H,27,30). The Labute approximate surface area is 181 Å². The molecule has 0 atom stereocenters. The molecule has 0 radical (unpaired) electrons. The van der Waals surface area contributed by atoms with Crippen molar-refractivity contribution in [1.82, 2.24) is 24.8 Å². The number of H-pyrrole nitrogens is 1. The molecule has 8 nitrogen and oxygen atoms in total. The summed E-state index contributed by atoms with van der Waals surface area (Å²) in [5, 5.41) is 17.1. The molecule has 30 heavy (non-hydrogen) atoms. The number of aromatic amines is 1. The van der Waals surface area contributed by atoms with Crippen LogP contribution in [0.15, 0.2) is 54.9 Å². The molecule has 4 aromatic rings. The fourth-order valence-electron chi connectivity index (χ4n) is 2.82. The van der Waals surface area contributed by atoms with Crippen molar-refractivity contribution in [3.63, 3.8) is 0 Å². The van der Waals surface area contributed by atoms with Crippen molar-refractivity contribution < 1.29 is 4.74 Å². The molecule has 0 aliphatic rings. The van der Waals surface area contributed by atoms with Gasteiger partial charge in [0.1, 0.15) is 11.6 Å². The van der Waals surface area contributed by atoms with Crippen LogP contribution in [0.25, 0.3) is 22.4 Å². The largest absolute Gasteiger partial charge is 0.468 e. The van der Waals surface area contributed by atoms with Crippen LogP contribution < -0.4 is 10.6 Å². The summed E-state index contributed by atoms with van der Waals surface area (Å²) in [5.74, 6) is 6.34. The predicted molar refractivity (Wildman–Crippen MR) is 115 cm³/mol. The number of halogens is 1. The first-order valence-electron chi connectivity index (χ1n) is 8.72. The van der Waals surface area contributed by atoms with Crippen molar-refractivity contribution in [3.05, 3.63) is 76.0 Å². The lowest BCUT2D eigenvalue weighted by molar-refractivity contribution is 0.280. The topological polar surface area (TPSA) is 118 Å². The molecule has 148 valence electrons. The molecule has 3 aromatic heterocycles. The molecule has 0 bridgehead atoms. The predicted octanol–water partition coefficient (Wildman–Crippen LogP) is 3.88. The zero-order chi connectivity index (χ0) is 21.1. The van der Waals surface area contributed by atoms with Gasteiger partial charge in [0.05, 0.1) is 5.69 Å². The van der Waals surface area contributed by atoms with Crippen LogP contribution in [-0.4, -0.2) is 24.8 Å². The summed E-state index contributed by atoms with van der Waals surface area (Å²) in [6.45, 7) is -0.0259. The van der Waals surface area contributed by atoms with Crippen molar-refractivity contribution in [1.29, 1.82) is 5.26 Å². The molecular formula is C20H14ClN7OS. The highest BCUT2D eigenvalue weighted by Crippen LogP contribution is 2.33. The third-order valence-electron chi connectivity index (χ3n) is 4.33. The van der Waals surface area contributed by atoms with Gasteiger partial charge in [-0.15, -0.1) is 0 Å². The second kappa shape index (κ2) is 8.32. The van der Waals surface area contributed by atoms with E-state index in [0.29, 0.717) is 22.1 Å². The van der Waals surface area contributed by atoms with Gasteiger partial charge in [-0.3, -0.25) is 10.1 Å². The zero-order valence-corrected chi connectivity index (χ0v) is 17.0. The zero-order valence-electron chi connectivity index (χ0n) is 15.4. The summed E-state index contributed by atoms with van der Waals surface area (Å²) in [6, 6.07) is 14.9. The number of benzene rings is 1. The number of nitrogens with one attached hydrogen (secondary N) is 1.